The topological polar surface area (TPSA) is 55.6 Å². The molecular formula is C22H28N2O2. The van der Waals surface area contributed by atoms with Crippen LogP contribution in [-0.4, -0.2) is 43.2 Å². The van der Waals surface area contributed by atoms with Gasteiger partial charge in [-0.05, 0) is 47.7 Å². The number of nitrogens with two attached hydrogens (primary N) is 1. The molecule has 3 rings (SSSR count). The number of morpholine rings is 1. The van der Waals surface area contributed by atoms with Crippen molar-refractivity contribution in [1.82, 2.24) is 4.90 Å². The van der Waals surface area contributed by atoms with Crippen molar-refractivity contribution in [3.63, 3.8) is 0 Å². The molecule has 1 aliphatic rings. The molecule has 0 unspecified atom stereocenters. The van der Waals surface area contributed by atoms with E-state index in [1.165, 1.54) is 11.1 Å². The summed E-state index contributed by atoms with van der Waals surface area (Å²) < 4.78 is 5.70. The van der Waals surface area contributed by atoms with Crippen molar-refractivity contribution in [3.8, 4) is 11.1 Å². The molecule has 2 aromatic carbocycles. The lowest BCUT2D eigenvalue weighted by Gasteiger charge is -2.33. The third-order valence-electron chi connectivity index (χ3n) is 4.92. The molecule has 2 N–H and O–H groups in total. The maximum absolute atomic E-state index is 13.0. The highest BCUT2D eigenvalue weighted by atomic mass is 16.5. The van der Waals surface area contributed by atoms with Crippen LogP contribution in [0.1, 0.15) is 42.1 Å². The van der Waals surface area contributed by atoms with E-state index in [1.54, 1.807) is 0 Å². The Kier molecular flexibility index (Phi) is 6.07. The van der Waals surface area contributed by atoms with Crippen LogP contribution in [0, 0.1) is 0 Å². The van der Waals surface area contributed by atoms with Crippen molar-refractivity contribution >= 4 is 5.91 Å². The van der Waals surface area contributed by atoms with Crippen LogP contribution in [0.3, 0.4) is 0 Å². The minimum Gasteiger partial charge on any atom is -0.374 e. The Bertz CT molecular complexity index is 755. The first-order chi connectivity index (χ1) is 12.6. The van der Waals surface area contributed by atoms with E-state index in [9.17, 15) is 4.79 Å². The minimum absolute atomic E-state index is 0.0440. The SMILES string of the molecule is CC(C)c1ccccc1-c1cccc(C(=O)N2CCO[C@H](CCN)C2)c1. The zero-order chi connectivity index (χ0) is 18.5. The predicted octanol–water partition coefficient (Wildman–Crippen LogP) is 3.67. The highest BCUT2D eigenvalue weighted by Gasteiger charge is 2.24. The summed E-state index contributed by atoms with van der Waals surface area (Å²) in [6.45, 7) is 6.79. The molecular weight excluding hydrogens is 324 g/mol. The molecule has 1 atom stereocenters. The molecule has 4 nitrogen and oxygen atoms in total. The van der Waals surface area contributed by atoms with Crippen molar-refractivity contribution in [2.24, 2.45) is 5.73 Å². The zero-order valence-electron chi connectivity index (χ0n) is 15.7. The van der Waals surface area contributed by atoms with Gasteiger partial charge in [0.15, 0.2) is 0 Å². The Morgan fingerprint density at radius 2 is 2.04 bits per heavy atom. The number of ether oxygens (including phenoxy) is 1. The van der Waals surface area contributed by atoms with Gasteiger partial charge in [0, 0.05) is 18.7 Å². The lowest BCUT2D eigenvalue weighted by molar-refractivity contribution is -0.0236. The molecule has 2 aromatic rings. The summed E-state index contributed by atoms with van der Waals surface area (Å²) in [5.41, 5.74) is 9.94. The Balaban J connectivity index is 1.85. The van der Waals surface area contributed by atoms with Gasteiger partial charge in [-0.3, -0.25) is 4.79 Å². The standard InChI is InChI=1S/C22H28N2O2/c1-16(2)20-8-3-4-9-21(20)17-6-5-7-18(14-17)22(25)24-12-13-26-19(15-24)10-11-23/h3-9,14,16,19H,10-13,15,23H2,1-2H3/t19-/m1/s1. The van der Waals surface area contributed by atoms with Crippen LogP contribution >= 0.6 is 0 Å². The van der Waals surface area contributed by atoms with Gasteiger partial charge in [-0.1, -0.05) is 50.2 Å². The fourth-order valence-corrected chi connectivity index (χ4v) is 3.53. The molecule has 0 bridgehead atoms. The molecule has 1 saturated heterocycles. The molecule has 0 aliphatic carbocycles. The fourth-order valence-electron chi connectivity index (χ4n) is 3.53. The first kappa shape index (κ1) is 18.6. The minimum atomic E-state index is 0.0440. The van der Waals surface area contributed by atoms with E-state index in [-0.39, 0.29) is 12.0 Å². The van der Waals surface area contributed by atoms with Gasteiger partial charge in [0.1, 0.15) is 0 Å². The van der Waals surface area contributed by atoms with Crippen LogP contribution in [0.4, 0.5) is 0 Å². The van der Waals surface area contributed by atoms with Crippen molar-refractivity contribution in [3.05, 3.63) is 59.7 Å². The lowest BCUT2D eigenvalue weighted by Crippen LogP contribution is -2.46. The van der Waals surface area contributed by atoms with Crippen LogP contribution in [0.25, 0.3) is 11.1 Å². The van der Waals surface area contributed by atoms with E-state index >= 15 is 0 Å². The predicted molar refractivity (Wildman–Crippen MR) is 105 cm³/mol. The summed E-state index contributed by atoms with van der Waals surface area (Å²) in [4.78, 5) is 14.9. The summed E-state index contributed by atoms with van der Waals surface area (Å²) in [5.74, 6) is 0.501. The van der Waals surface area contributed by atoms with E-state index < -0.39 is 0 Å². The van der Waals surface area contributed by atoms with Crippen LogP contribution in [0.15, 0.2) is 48.5 Å². The van der Waals surface area contributed by atoms with Gasteiger partial charge in [-0.25, -0.2) is 0 Å². The van der Waals surface area contributed by atoms with Crippen LogP contribution in [-0.2, 0) is 4.74 Å². The Morgan fingerprint density at radius 3 is 2.81 bits per heavy atom. The number of carbonyl (C=O) groups is 1. The van der Waals surface area contributed by atoms with Crippen molar-refractivity contribution in [2.45, 2.75) is 32.3 Å². The molecule has 1 aliphatic heterocycles. The molecule has 0 saturated carbocycles. The molecule has 1 heterocycles. The van der Waals surface area contributed by atoms with E-state index in [0.717, 1.165) is 17.5 Å². The van der Waals surface area contributed by atoms with E-state index in [4.69, 9.17) is 10.5 Å². The largest absolute Gasteiger partial charge is 0.374 e. The van der Waals surface area contributed by atoms with Gasteiger partial charge in [0.25, 0.3) is 5.91 Å². The van der Waals surface area contributed by atoms with Crippen molar-refractivity contribution < 1.29 is 9.53 Å². The second kappa shape index (κ2) is 8.47. The maximum atomic E-state index is 13.0. The zero-order valence-corrected chi connectivity index (χ0v) is 15.7. The number of hydrogen-bond donors (Lipinski definition) is 1. The summed E-state index contributed by atoms with van der Waals surface area (Å²) in [5, 5.41) is 0. The Labute approximate surface area is 156 Å². The average molecular weight is 352 g/mol. The summed E-state index contributed by atoms with van der Waals surface area (Å²) >= 11 is 0. The van der Waals surface area contributed by atoms with E-state index in [0.29, 0.717) is 32.2 Å². The molecule has 1 amide bonds. The van der Waals surface area contributed by atoms with E-state index in [2.05, 4.69) is 44.2 Å². The van der Waals surface area contributed by atoms with Crippen molar-refractivity contribution in [1.29, 1.82) is 0 Å². The van der Waals surface area contributed by atoms with Gasteiger partial charge < -0.3 is 15.4 Å². The van der Waals surface area contributed by atoms with Gasteiger partial charge in [-0.2, -0.15) is 0 Å². The lowest BCUT2D eigenvalue weighted by atomic mass is 9.92. The highest BCUT2D eigenvalue weighted by Crippen LogP contribution is 2.29. The molecule has 0 radical (unpaired) electrons. The quantitative estimate of drug-likeness (QED) is 0.893. The van der Waals surface area contributed by atoms with E-state index in [1.807, 2.05) is 23.1 Å². The average Bonchev–Trinajstić information content (AvgIpc) is 2.68. The molecule has 26 heavy (non-hydrogen) atoms. The first-order valence-electron chi connectivity index (χ1n) is 9.40. The number of carbonyl (C=O) groups excluding carboxylic acids is 1. The van der Waals surface area contributed by atoms with Gasteiger partial charge in [0.2, 0.25) is 0 Å². The second-order valence-corrected chi connectivity index (χ2v) is 7.14. The number of hydrogen-bond acceptors (Lipinski definition) is 3. The Morgan fingerprint density at radius 1 is 1.23 bits per heavy atom. The van der Waals surface area contributed by atoms with Gasteiger partial charge in [-0.15, -0.1) is 0 Å². The maximum Gasteiger partial charge on any atom is 0.254 e. The smallest absolute Gasteiger partial charge is 0.254 e. The van der Waals surface area contributed by atoms with Crippen LogP contribution < -0.4 is 5.73 Å². The monoisotopic (exact) mass is 352 g/mol. The number of rotatable bonds is 5. The fraction of sp³-hybridized carbons (Fsp3) is 0.409. The summed E-state index contributed by atoms with van der Waals surface area (Å²) in [7, 11) is 0. The van der Waals surface area contributed by atoms with Crippen LogP contribution in [0.2, 0.25) is 0 Å². The molecule has 0 spiro atoms. The second-order valence-electron chi connectivity index (χ2n) is 7.14. The van der Waals surface area contributed by atoms with Crippen LogP contribution in [0.5, 0.6) is 0 Å². The number of nitrogens with zero attached hydrogens (tertiary/aromatic N) is 1. The third-order valence-corrected chi connectivity index (χ3v) is 4.92. The highest BCUT2D eigenvalue weighted by molar-refractivity contribution is 5.95. The van der Waals surface area contributed by atoms with Gasteiger partial charge in [0.05, 0.1) is 12.7 Å². The third kappa shape index (κ3) is 4.14. The number of benzene rings is 2. The summed E-state index contributed by atoms with van der Waals surface area (Å²) in [6, 6.07) is 16.4. The molecule has 138 valence electrons. The van der Waals surface area contributed by atoms with Gasteiger partial charge >= 0.3 is 0 Å². The Hall–Kier alpha value is -2.17. The molecule has 1 fully saturated rings. The summed E-state index contributed by atoms with van der Waals surface area (Å²) in [6.07, 6.45) is 0.827. The van der Waals surface area contributed by atoms with Crippen molar-refractivity contribution in [2.75, 3.05) is 26.2 Å². The molecule has 4 heteroatoms. The molecule has 0 aromatic heterocycles. The number of amides is 1. The first-order valence-corrected chi connectivity index (χ1v) is 9.40. The normalized spacial score (nSPS) is 17.5.